The van der Waals surface area contributed by atoms with Crippen LogP contribution in [0.4, 0.5) is 11.4 Å². The smallest absolute Gasteiger partial charge is 0.262 e. The summed E-state index contributed by atoms with van der Waals surface area (Å²) in [5.41, 5.74) is 2.89. The summed E-state index contributed by atoms with van der Waals surface area (Å²) in [4.78, 5) is 12.2. The van der Waals surface area contributed by atoms with Gasteiger partial charge in [-0.1, -0.05) is 29.8 Å². The van der Waals surface area contributed by atoms with Crippen LogP contribution >= 0.6 is 11.6 Å². The molecule has 0 aliphatic heterocycles. The summed E-state index contributed by atoms with van der Waals surface area (Å²) in [7, 11) is -3.78. The lowest BCUT2D eigenvalue weighted by atomic mass is 10.1. The van der Waals surface area contributed by atoms with Crippen molar-refractivity contribution in [1.82, 2.24) is 0 Å². The van der Waals surface area contributed by atoms with Gasteiger partial charge in [0.15, 0.2) is 6.61 Å². The van der Waals surface area contributed by atoms with Crippen molar-refractivity contribution in [3.8, 4) is 5.75 Å². The first-order chi connectivity index (χ1) is 14.2. The lowest BCUT2D eigenvalue weighted by molar-refractivity contribution is -0.118. The maximum Gasteiger partial charge on any atom is 0.262 e. The number of hydrogen-bond donors (Lipinski definition) is 2. The van der Waals surface area contributed by atoms with Gasteiger partial charge in [0.2, 0.25) is 0 Å². The van der Waals surface area contributed by atoms with E-state index in [0.717, 1.165) is 11.1 Å². The van der Waals surface area contributed by atoms with Gasteiger partial charge < -0.3 is 10.1 Å². The SMILES string of the molecule is Cc1cccc(OCC(=O)Nc2ccc(S(=O)(=O)Nc3cccc(Cl)c3)cc2)c1C. The van der Waals surface area contributed by atoms with Gasteiger partial charge in [-0.2, -0.15) is 0 Å². The van der Waals surface area contributed by atoms with Gasteiger partial charge in [0.1, 0.15) is 5.75 Å². The minimum Gasteiger partial charge on any atom is -0.483 e. The van der Waals surface area contributed by atoms with Gasteiger partial charge in [-0.05, 0) is 73.5 Å². The molecule has 8 heteroatoms. The highest BCUT2D eigenvalue weighted by Gasteiger charge is 2.15. The molecule has 3 aromatic carbocycles. The van der Waals surface area contributed by atoms with E-state index in [0.29, 0.717) is 22.1 Å². The summed E-state index contributed by atoms with van der Waals surface area (Å²) in [6.07, 6.45) is 0. The van der Waals surface area contributed by atoms with Crippen molar-refractivity contribution in [2.75, 3.05) is 16.6 Å². The molecule has 0 aliphatic carbocycles. The number of carbonyl (C=O) groups is 1. The average Bonchev–Trinajstić information content (AvgIpc) is 2.69. The topological polar surface area (TPSA) is 84.5 Å². The molecule has 0 saturated carbocycles. The van der Waals surface area contributed by atoms with Crippen LogP contribution in [-0.2, 0) is 14.8 Å². The molecule has 0 unspecified atom stereocenters. The third-order valence-electron chi connectivity index (χ3n) is 4.44. The van der Waals surface area contributed by atoms with Gasteiger partial charge in [-0.25, -0.2) is 8.42 Å². The van der Waals surface area contributed by atoms with E-state index < -0.39 is 10.0 Å². The summed E-state index contributed by atoms with van der Waals surface area (Å²) in [6.45, 7) is 3.75. The van der Waals surface area contributed by atoms with E-state index in [-0.39, 0.29) is 17.4 Å². The molecule has 0 heterocycles. The van der Waals surface area contributed by atoms with Gasteiger partial charge in [0.05, 0.1) is 10.6 Å². The Morgan fingerprint density at radius 3 is 2.37 bits per heavy atom. The van der Waals surface area contributed by atoms with Crippen LogP contribution in [0.3, 0.4) is 0 Å². The number of carbonyl (C=O) groups excluding carboxylic acids is 1. The molecular formula is C22H21ClN2O4S. The maximum atomic E-state index is 12.5. The van der Waals surface area contributed by atoms with E-state index >= 15 is 0 Å². The first-order valence-corrected chi connectivity index (χ1v) is 11.0. The first-order valence-electron chi connectivity index (χ1n) is 9.12. The minimum absolute atomic E-state index is 0.0621. The summed E-state index contributed by atoms with van der Waals surface area (Å²) >= 11 is 5.88. The van der Waals surface area contributed by atoms with Crippen LogP contribution in [0.5, 0.6) is 5.75 Å². The number of anilines is 2. The molecule has 0 aromatic heterocycles. The van der Waals surface area contributed by atoms with Crippen LogP contribution in [0.1, 0.15) is 11.1 Å². The highest BCUT2D eigenvalue weighted by Crippen LogP contribution is 2.22. The van der Waals surface area contributed by atoms with Crippen LogP contribution in [-0.4, -0.2) is 20.9 Å². The van der Waals surface area contributed by atoms with Gasteiger partial charge in [0, 0.05) is 10.7 Å². The molecule has 0 bridgehead atoms. The molecule has 156 valence electrons. The van der Waals surface area contributed by atoms with Crippen LogP contribution in [0, 0.1) is 13.8 Å². The molecule has 3 rings (SSSR count). The van der Waals surface area contributed by atoms with Gasteiger partial charge in [-0.3, -0.25) is 9.52 Å². The highest BCUT2D eigenvalue weighted by molar-refractivity contribution is 7.92. The van der Waals surface area contributed by atoms with Gasteiger partial charge in [0.25, 0.3) is 15.9 Å². The number of benzene rings is 3. The molecule has 1 amide bonds. The van der Waals surface area contributed by atoms with Crippen molar-refractivity contribution in [3.63, 3.8) is 0 Å². The number of hydrogen-bond acceptors (Lipinski definition) is 4. The van der Waals surface area contributed by atoms with Crippen LogP contribution in [0.15, 0.2) is 71.6 Å². The lowest BCUT2D eigenvalue weighted by Gasteiger charge is -2.12. The molecule has 0 aliphatic rings. The fourth-order valence-corrected chi connectivity index (χ4v) is 3.94. The molecule has 2 N–H and O–H groups in total. The van der Waals surface area contributed by atoms with Crippen molar-refractivity contribution in [1.29, 1.82) is 0 Å². The second-order valence-corrected chi connectivity index (χ2v) is 8.79. The van der Waals surface area contributed by atoms with Crippen molar-refractivity contribution >= 4 is 38.9 Å². The van der Waals surface area contributed by atoms with Crippen molar-refractivity contribution < 1.29 is 17.9 Å². The predicted molar refractivity (Wildman–Crippen MR) is 119 cm³/mol. The Kier molecular flexibility index (Phi) is 6.64. The Hall–Kier alpha value is -3.03. The Labute approximate surface area is 180 Å². The molecule has 0 fully saturated rings. The summed E-state index contributed by atoms with van der Waals surface area (Å²) in [5, 5.41) is 3.11. The molecule has 0 atom stereocenters. The zero-order valence-electron chi connectivity index (χ0n) is 16.5. The third-order valence-corrected chi connectivity index (χ3v) is 6.07. The zero-order chi connectivity index (χ0) is 21.7. The molecular weight excluding hydrogens is 424 g/mol. The standard InChI is InChI=1S/C22H21ClN2O4S/c1-15-5-3-8-21(16(15)2)29-14-22(26)24-18-9-11-20(12-10-18)30(27,28)25-19-7-4-6-17(23)13-19/h3-13,25H,14H2,1-2H3,(H,24,26). The van der Waals surface area contributed by atoms with Crippen molar-refractivity contribution in [2.24, 2.45) is 0 Å². The van der Waals surface area contributed by atoms with E-state index in [1.165, 1.54) is 30.3 Å². The van der Waals surface area contributed by atoms with E-state index in [1.807, 2.05) is 32.0 Å². The monoisotopic (exact) mass is 444 g/mol. The number of halogens is 1. The Balaban J connectivity index is 1.61. The molecule has 30 heavy (non-hydrogen) atoms. The van der Waals surface area contributed by atoms with Crippen molar-refractivity contribution in [3.05, 3.63) is 82.9 Å². The molecule has 0 spiro atoms. The number of sulfonamides is 1. The number of aryl methyl sites for hydroxylation is 1. The predicted octanol–water partition coefficient (Wildman–Crippen LogP) is 4.78. The fraction of sp³-hybridized carbons (Fsp3) is 0.136. The average molecular weight is 445 g/mol. The van der Waals surface area contributed by atoms with E-state index in [4.69, 9.17) is 16.3 Å². The maximum absolute atomic E-state index is 12.5. The molecule has 0 saturated heterocycles. The second kappa shape index (κ2) is 9.19. The number of ether oxygens (including phenoxy) is 1. The second-order valence-electron chi connectivity index (χ2n) is 6.68. The third kappa shape index (κ3) is 5.52. The fourth-order valence-electron chi connectivity index (χ4n) is 2.70. The first kappa shape index (κ1) is 21.7. The van der Waals surface area contributed by atoms with E-state index in [2.05, 4.69) is 10.0 Å². The molecule has 0 radical (unpaired) electrons. The Morgan fingerprint density at radius 1 is 0.967 bits per heavy atom. The number of nitrogens with one attached hydrogen (secondary N) is 2. The summed E-state index contributed by atoms with van der Waals surface area (Å²) in [5.74, 6) is 0.308. The summed E-state index contributed by atoms with van der Waals surface area (Å²) < 4.78 is 33.0. The van der Waals surface area contributed by atoms with Crippen molar-refractivity contribution in [2.45, 2.75) is 18.7 Å². The van der Waals surface area contributed by atoms with Crippen LogP contribution in [0.2, 0.25) is 5.02 Å². The number of amides is 1. The van der Waals surface area contributed by atoms with Gasteiger partial charge in [-0.15, -0.1) is 0 Å². The Morgan fingerprint density at radius 2 is 1.67 bits per heavy atom. The van der Waals surface area contributed by atoms with E-state index in [1.54, 1.807) is 18.2 Å². The minimum atomic E-state index is -3.78. The lowest BCUT2D eigenvalue weighted by Crippen LogP contribution is -2.20. The highest BCUT2D eigenvalue weighted by atomic mass is 35.5. The van der Waals surface area contributed by atoms with E-state index in [9.17, 15) is 13.2 Å². The van der Waals surface area contributed by atoms with Crippen LogP contribution < -0.4 is 14.8 Å². The molecule has 3 aromatic rings. The number of rotatable bonds is 7. The normalized spacial score (nSPS) is 11.0. The Bertz CT molecular complexity index is 1160. The largest absolute Gasteiger partial charge is 0.483 e. The zero-order valence-corrected chi connectivity index (χ0v) is 18.0. The summed E-state index contributed by atoms with van der Waals surface area (Å²) in [6, 6.07) is 17.9. The molecule has 6 nitrogen and oxygen atoms in total. The van der Waals surface area contributed by atoms with Crippen LogP contribution in [0.25, 0.3) is 0 Å². The quantitative estimate of drug-likeness (QED) is 0.549. The van der Waals surface area contributed by atoms with Gasteiger partial charge >= 0.3 is 0 Å².